The summed E-state index contributed by atoms with van der Waals surface area (Å²) in [6.45, 7) is 0.962. The molecule has 0 saturated carbocycles. The highest BCUT2D eigenvalue weighted by atomic mass is 79.9. The molecule has 0 saturated heterocycles. The predicted octanol–water partition coefficient (Wildman–Crippen LogP) is 2.17. The zero-order valence-corrected chi connectivity index (χ0v) is 7.50. The van der Waals surface area contributed by atoms with E-state index < -0.39 is 16.7 Å². The molecule has 1 atom stereocenters. The summed E-state index contributed by atoms with van der Waals surface area (Å²) < 4.78 is 47.3. The van der Waals surface area contributed by atoms with E-state index >= 15 is 0 Å². The summed E-state index contributed by atoms with van der Waals surface area (Å²) in [5.41, 5.74) is 0. The first-order chi connectivity index (χ1) is 5.23. The van der Waals surface area contributed by atoms with Crippen molar-refractivity contribution in [2.45, 2.75) is 17.7 Å². The highest BCUT2D eigenvalue weighted by Gasteiger charge is 2.61. The van der Waals surface area contributed by atoms with Crippen molar-refractivity contribution in [1.29, 1.82) is 0 Å². The number of ether oxygens (including phenoxy) is 1. The van der Waals surface area contributed by atoms with Gasteiger partial charge in [-0.1, -0.05) is 0 Å². The summed E-state index contributed by atoms with van der Waals surface area (Å²) in [5.74, 6) is -1.99. The van der Waals surface area contributed by atoms with Crippen LogP contribution in [0.4, 0.5) is 17.6 Å². The molecule has 0 aromatic carbocycles. The van der Waals surface area contributed by atoms with E-state index in [1.54, 1.807) is 15.9 Å². The Balaban J connectivity index is 4.50. The topological polar surface area (TPSA) is 26.3 Å². The van der Waals surface area contributed by atoms with E-state index in [-0.39, 0.29) is 6.61 Å². The van der Waals surface area contributed by atoms with Crippen LogP contribution in [0.5, 0.6) is 0 Å². The zero-order chi connectivity index (χ0) is 9.99. The second-order valence-electron chi connectivity index (χ2n) is 1.79. The molecule has 0 aliphatic heterocycles. The van der Waals surface area contributed by atoms with E-state index in [4.69, 9.17) is 0 Å². The molecule has 0 aliphatic carbocycles. The van der Waals surface area contributed by atoms with E-state index in [0.717, 1.165) is 0 Å². The first-order valence-electron chi connectivity index (χ1n) is 2.85. The molecule has 0 radical (unpaired) electrons. The monoisotopic (exact) mass is 252 g/mol. The molecule has 7 heteroatoms. The lowest BCUT2D eigenvalue weighted by Gasteiger charge is -2.18. The van der Waals surface area contributed by atoms with Gasteiger partial charge in [0.15, 0.2) is 0 Å². The van der Waals surface area contributed by atoms with Gasteiger partial charge in [0.2, 0.25) is 0 Å². The Hall–Kier alpha value is -0.330. The number of rotatable bonds is 2. The smallest absolute Gasteiger partial charge is 0.444 e. The Kier molecular flexibility index (Phi) is 3.49. The summed E-state index contributed by atoms with van der Waals surface area (Å²) in [6, 6.07) is 0. The Labute approximate surface area is 74.0 Å². The second kappa shape index (κ2) is 3.59. The average Bonchev–Trinajstić information content (AvgIpc) is 1.85. The van der Waals surface area contributed by atoms with Crippen molar-refractivity contribution in [1.82, 2.24) is 0 Å². The van der Waals surface area contributed by atoms with Gasteiger partial charge in [0.05, 0.1) is 6.61 Å². The van der Waals surface area contributed by atoms with Crippen LogP contribution < -0.4 is 0 Å². The molecule has 12 heavy (non-hydrogen) atoms. The summed E-state index contributed by atoms with van der Waals surface area (Å²) in [7, 11) is 0. The third-order valence-electron chi connectivity index (χ3n) is 0.888. The van der Waals surface area contributed by atoms with Crippen LogP contribution in [0.25, 0.3) is 0 Å². The lowest BCUT2D eigenvalue weighted by atomic mass is 10.4. The van der Waals surface area contributed by atoms with Crippen molar-refractivity contribution in [3.05, 3.63) is 0 Å². The predicted molar refractivity (Wildman–Crippen MR) is 35.5 cm³/mol. The number of esters is 1. The van der Waals surface area contributed by atoms with Crippen molar-refractivity contribution >= 4 is 21.9 Å². The minimum atomic E-state index is -5.31. The first kappa shape index (κ1) is 11.7. The number of hydrogen-bond acceptors (Lipinski definition) is 2. The third-order valence-corrected chi connectivity index (χ3v) is 1.66. The number of carbonyl (C=O) groups excluding carboxylic acids is 1. The largest absolute Gasteiger partial charge is 0.463 e. The van der Waals surface area contributed by atoms with Crippen molar-refractivity contribution in [3.8, 4) is 0 Å². The molecule has 2 nitrogen and oxygen atoms in total. The Morgan fingerprint density at radius 2 is 1.83 bits per heavy atom. The lowest BCUT2D eigenvalue weighted by Crippen LogP contribution is -2.43. The third kappa shape index (κ3) is 2.33. The SMILES string of the molecule is CCOC(=O)C(F)(Br)C(F)(F)F. The van der Waals surface area contributed by atoms with E-state index in [2.05, 4.69) is 4.74 Å². The van der Waals surface area contributed by atoms with Crippen LogP contribution in [-0.2, 0) is 9.53 Å². The highest BCUT2D eigenvalue weighted by molar-refractivity contribution is 9.10. The maximum Gasteiger partial charge on any atom is 0.444 e. The number of hydrogen-bond donors (Lipinski definition) is 0. The molecular weight excluding hydrogens is 248 g/mol. The molecule has 0 rings (SSSR count). The maximum absolute atomic E-state index is 12.5. The summed E-state index contributed by atoms with van der Waals surface area (Å²) in [6.07, 6.45) is -5.31. The Morgan fingerprint density at radius 3 is 2.08 bits per heavy atom. The Bertz CT molecular complexity index is 177. The summed E-state index contributed by atoms with van der Waals surface area (Å²) >= 11 is 1.60. The zero-order valence-electron chi connectivity index (χ0n) is 5.91. The van der Waals surface area contributed by atoms with Gasteiger partial charge in [-0.05, 0) is 22.9 Å². The van der Waals surface area contributed by atoms with Crippen molar-refractivity contribution in [2.24, 2.45) is 0 Å². The van der Waals surface area contributed by atoms with Gasteiger partial charge in [-0.2, -0.15) is 13.2 Å². The van der Waals surface area contributed by atoms with Crippen molar-refractivity contribution < 1.29 is 27.1 Å². The lowest BCUT2D eigenvalue weighted by molar-refractivity contribution is -0.209. The maximum atomic E-state index is 12.5. The van der Waals surface area contributed by atoms with Crippen LogP contribution >= 0.6 is 15.9 Å². The normalized spacial score (nSPS) is 16.8. The van der Waals surface area contributed by atoms with Crippen LogP contribution in [0.15, 0.2) is 0 Å². The molecule has 0 N–H and O–H groups in total. The molecule has 0 aliphatic rings. The van der Waals surface area contributed by atoms with Crippen LogP contribution in [0.3, 0.4) is 0 Å². The van der Waals surface area contributed by atoms with Gasteiger partial charge < -0.3 is 4.74 Å². The molecule has 0 aromatic heterocycles. The molecule has 0 heterocycles. The van der Waals surface area contributed by atoms with Crippen molar-refractivity contribution in [3.63, 3.8) is 0 Å². The molecular formula is C5H5BrF4O2. The summed E-state index contributed by atoms with van der Waals surface area (Å²) in [4.78, 5) is 10.3. The van der Waals surface area contributed by atoms with E-state index in [0.29, 0.717) is 0 Å². The molecule has 72 valence electrons. The fourth-order valence-corrected chi connectivity index (χ4v) is 0.452. The molecule has 1 unspecified atom stereocenters. The minimum Gasteiger partial charge on any atom is -0.463 e. The van der Waals surface area contributed by atoms with Crippen LogP contribution in [0.2, 0.25) is 0 Å². The fourth-order valence-electron chi connectivity index (χ4n) is 0.337. The Morgan fingerprint density at radius 1 is 1.42 bits per heavy atom. The van der Waals surface area contributed by atoms with Gasteiger partial charge in [-0.25, -0.2) is 9.18 Å². The highest BCUT2D eigenvalue weighted by Crippen LogP contribution is 2.40. The number of carbonyl (C=O) groups is 1. The summed E-state index contributed by atoms with van der Waals surface area (Å²) in [5, 5.41) is 0. The van der Waals surface area contributed by atoms with Crippen LogP contribution in [0, 0.1) is 0 Å². The van der Waals surface area contributed by atoms with Crippen LogP contribution in [0.1, 0.15) is 6.92 Å². The molecule has 0 bridgehead atoms. The standard InChI is InChI=1S/C5H5BrF4O2/c1-2-12-3(11)4(6,7)5(8,9)10/h2H2,1H3. The van der Waals surface area contributed by atoms with E-state index in [1.807, 2.05) is 0 Å². The van der Waals surface area contributed by atoms with Crippen LogP contribution in [-0.4, -0.2) is 23.3 Å². The van der Waals surface area contributed by atoms with Gasteiger partial charge >= 0.3 is 16.7 Å². The van der Waals surface area contributed by atoms with Gasteiger partial charge in [-0.3, -0.25) is 0 Å². The van der Waals surface area contributed by atoms with Crippen molar-refractivity contribution in [2.75, 3.05) is 6.61 Å². The molecule has 0 aromatic rings. The fraction of sp³-hybridized carbons (Fsp3) is 0.800. The van der Waals surface area contributed by atoms with E-state index in [1.165, 1.54) is 6.92 Å². The quantitative estimate of drug-likeness (QED) is 0.428. The van der Waals surface area contributed by atoms with E-state index in [9.17, 15) is 22.4 Å². The van der Waals surface area contributed by atoms with Gasteiger partial charge in [0.1, 0.15) is 0 Å². The number of halogens is 5. The molecule has 0 amide bonds. The average molecular weight is 253 g/mol. The van der Waals surface area contributed by atoms with Gasteiger partial charge in [0.25, 0.3) is 0 Å². The van der Waals surface area contributed by atoms with Gasteiger partial charge in [-0.15, -0.1) is 0 Å². The molecule has 0 spiro atoms. The number of alkyl halides is 5. The second-order valence-corrected chi connectivity index (χ2v) is 2.89. The molecule has 0 fully saturated rings. The first-order valence-corrected chi connectivity index (χ1v) is 3.64. The van der Waals surface area contributed by atoms with Gasteiger partial charge in [0, 0.05) is 0 Å². The minimum absolute atomic E-state index is 0.313.